The van der Waals surface area contributed by atoms with Crippen LogP contribution in [-0.4, -0.2) is 55.5 Å². The van der Waals surface area contributed by atoms with E-state index in [0.29, 0.717) is 0 Å². The average molecular weight is 408 g/mol. The van der Waals surface area contributed by atoms with Gasteiger partial charge in [0, 0.05) is 13.1 Å². The quantitative estimate of drug-likeness (QED) is 0.725. The lowest BCUT2D eigenvalue weighted by molar-refractivity contribution is -0.146. The SMILES string of the molecule is COC(=O)CC1C(=O)NCCN1CC(=O)Nc1c(Cl)cccc1C(F)(F)F. The van der Waals surface area contributed by atoms with Crippen molar-refractivity contribution in [1.82, 2.24) is 10.2 Å². The molecular weight excluding hydrogens is 391 g/mol. The van der Waals surface area contributed by atoms with Gasteiger partial charge >= 0.3 is 12.1 Å². The summed E-state index contributed by atoms with van der Waals surface area (Å²) in [6.45, 7) is 0.0940. The first kappa shape index (κ1) is 21.0. The maximum Gasteiger partial charge on any atom is 0.418 e. The molecular formula is C16H17ClF3N3O4. The molecule has 1 fully saturated rings. The van der Waals surface area contributed by atoms with E-state index in [1.807, 2.05) is 0 Å². The summed E-state index contributed by atoms with van der Waals surface area (Å²) in [5.74, 6) is -1.90. The summed E-state index contributed by atoms with van der Waals surface area (Å²) in [6.07, 6.45) is -4.98. The van der Waals surface area contributed by atoms with Crippen LogP contribution in [0.25, 0.3) is 0 Å². The molecule has 0 aromatic heterocycles. The highest BCUT2D eigenvalue weighted by Gasteiger charge is 2.36. The number of nitrogens with one attached hydrogen (secondary N) is 2. The van der Waals surface area contributed by atoms with Gasteiger partial charge in [0.1, 0.15) is 6.04 Å². The fourth-order valence-corrected chi connectivity index (χ4v) is 2.89. The molecule has 7 nitrogen and oxygen atoms in total. The smallest absolute Gasteiger partial charge is 0.418 e. The summed E-state index contributed by atoms with van der Waals surface area (Å²) < 4.78 is 43.9. The first-order valence-corrected chi connectivity index (χ1v) is 8.25. The molecule has 2 rings (SSSR count). The second-order valence-corrected chi connectivity index (χ2v) is 6.17. The molecule has 1 unspecified atom stereocenters. The molecule has 1 heterocycles. The minimum atomic E-state index is -4.70. The number of benzene rings is 1. The molecule has 0 saturated carbocycles. The van der Waals surface area contributed by atoms with Crippen LogP contribution in [0.1, 0.15) is 12.0 Å². The molecule has 0 spiro atoms. The monoisotopic (exact) mass is 407 g/mol. The van der Waals surface area contributed by atoms with Crippen LogP contribution in [-0.2, 0) is 25.3 Å². The van der Waals surface area contributed by atoms with Gasteiger partial charge in [-0.2, -0.15) is 13.2 Å². The third-order valence-corrected chi connectivity index (χ3v) is 4.27. The van der Waals surface area contributed by atoms with Crippen LogP contribution in [0.3, 0.4) is 0 Å². The number of para-hydroxylation sites is 1. The number of amides is 2. The molecule has 27 heavy (non-hydrogen) atoms. The Bertz CT molecular complexity index is 742. The summed E-state index contributed by atoms with van der Waals surface area (Å²) in [5.41, 5.74) is -1.63. The maximum atomic E-state index is 13.1. The lowest BCUT2D eigenvalue weighted by Gasteiger charge is -2.33. The number of alkyl halides is 3. The Morgan fingerprint density at radius 1 is 1.41 bits per heavy atom. The van der Waals surface area contributed by atoms with E-state index in [9.17, 15) is 27.6 Å². The van der Waals surface area contributed by atoms with Crippen LogP contribution >= 0.6 is 11.6 Å². The lowest BCUT2D eigenvalue weighted by Crippen LogP contribution is -2.57. The molecule has 0 radical (unpaired) electrons. The molecule has 0 bridgehead atoms. The van der Waals surface area contributed by atoms with E-state index < -0.39 is 47.8 Å². The van der Waals surface area contributed by atoms with Gasteiger partial charge in [-0.05, 0) is 12.1 Å². The van der Waals surface area contributed by atoms with Crippen molar-refractivity contribution < 1.29 is 32.3 Å². The summed E-state index contributed by atoms with van der Waals surface area (Å²) in [6, 6.07) is 2.20. The molecule has 2 amide bonds. The Morgan fingerprint density at radius 3 is 2.74 bits per heavy atom. The first-order valence-electron chi connectivity index (χ1n) is 7.87. The van der Waals surface area contributed by atoms with E-state index in [1.54, 1.807) is 0 Å². The van der Waals surface area contributed by atoms with Gasteiger partial charge in [0.15, 0.2) is 0 Å². The zero-order valence-corrected chi connectivity index (χ0v) is 15.0. The Hall–Kier alpha value is -2.33. The third kappa shape index (κ3) is 5.33. The van der Waals surface area contributed by atoms with E-state index in [-0.39, 0.29) is 24.5 Å². The van der Waals surface area contributed by atoms with Gasteiger partial charge < -0.3 is 15.4 Å². The lowest BCUT2D eigenvalue weighted by atomic mass is 10.1. The number of carbonyl (C=O) groups excluding carboxylic acids is 3. The van der Waals surface area contributed by atoms with Crippen molar-refractivity contribution in [2.24, 2.45) is 0 Å². The van der Waals surface area contributed by atoms with Crippen LogP contribution in [0.4, 0.5) is 18.9 Å². The fraction of sp³-hybridized carbons (Fsp3) is 0.438. The molecule has 1 aromatic carbocycles. The minimum absolute atomic E-state index is 0.240. The predicted molar refractivity (Wildman–Crippen MR) is 90.1 cm³/mol. The van der Waals surface area contributed by atoms with E-state index >= 15 is 0 Å². The van der Waals surface area contributed by atoms with Gasteiger partial charge in [-0.25, -0.2) is 0 Å². The van der Waals surface area contributed by atoms with Crippen molar-refractivity contribution in [3.05, 3.63) is 28.8 Å². The topological polar surface area (TPSA) is 87.7 Å². The molecule has 1 aromatic rings. The maximum absolute atomic E-state index is 13.1. The van der Waals surface area contributed by atoms with E-state index in [2.05, 4.69) is 15.4 Å². The van der Waals surface area contributed by atoms with Gasteiger partial charge in [-0.1, -0.05) is 17.7 Å². The number of nitrogens with zero attached hydrogens (tertiary/aromatic N) is 1. The highest BCUT2D eigenvalue weighted by molar-refractivity contribution is 6.34. The average Bonchev–Trinajstić information content (AvgIpc) is 2.58. The molecule has 148 valence electrons. The van der Waals surface area contributed by atoms with E-state index in [1.165, 1.54) is 11.0 Å². The molecule has 2 N–H and O–H groups in total. The minimum Gasteiger partial charge on any atom is -0.469 e. The Kier molecular flexibility index (Phi) is 6.66. The number of rotatable bonds is 5. The number of halogens is 4. The molecule has 1 saturated heterocycles. The number of methoxy groups -OCH3 is 1. The van der Waals surface area contributed by atoms with Gasteiger partial charge in [-0.3, -0.25) is 19.3 Å². The van der Waals surface area contributed by atoms with Crippen LogP contribution in [0.15, 0.2) is 18.2 Å². The highest BCUT2D eigenvalue weighted by atomic mass is 35.5. The Morgan fingerprint density at radius 2 is 2.11 bits per heavy atom. The Balaban J connectivity index is 2.15. The second kappa shape index (κ2) is 8.57. The number of hydrogen-bond acceptors (Lipinski definition) is 5. The summed E-state index contributed by atoms with van der Waals surface area (Å²) in [4.78, 5) is 37.1. The number of hydrogen-bond donors (Lipinski definition) is 2. The third-order valence-electron chi connectivity index (χ3n) is 3.96. The number of piperazine rings is 1. The normalized spacial score (nSPS) is 18.0. The fourth-order valence-electron chi connectivity index (χ4n) is 2.67. The van der Waals surface area contributed by atoms with Crippen LogP contribution < -0.4 is 10.6 Å². The van der Waals surface area contributed by atoms with E-state index in [4.69, 9.17) is 11.6 Å². The molecule has 0 aliphatic carbocycles. The summed E-state index contributed by atoms with van der Waals surface area (Å²) in [7, 11) is 1.16. The largest absolute Gasteiger partial charge is 0.469 e. The van der Waals surface area contributed by atoms with Crippen LogP contribution in [0.2, 0.25) is 5.02 Å². The highest BCUT2D eigenvalue weighted by Crippen LogP contribution is 2.38. The standard InChI is InChI=1S/C16H17ClF3N3O4/c1-27-13(25)7-11-15(26)21-5-6-23(11)8-12(24)22-14-9(16(18,19)20)3-2-4-10(14)17/h2-4,11H,5-8H2,1H3,(H,21,26)(H,22,24). The zero-order chi connectivity index (χ0) is 20.2. The first-order chi connectivity index (χ1) is 12.6. The predicted octanol–water partition coefficient (Wildman–Crippen LogP) is 1.66. The zero-order valence-electron chi connectivity index (χ0n) is 14.2. The van der Waals surface area contributed by atoms with Gasteiger partial charge in [0.25, 0.3) is 0 Å². The van der Waals surface area contributed by atoms with Crippen molar-refractivity contribution >= 4 is 35.1 Å². The molecule has 1 atom stereocenters. The number of anilines is 1. The molecule has 1 aliphatic rings. The molecule has 11 heteroatoms. The van der Waals surface area contributed by atoms with Crippen LogP contribution in [0.5, 0.6) is 0 Å². The van der Waals surface area contributed by atoms with Crippen molar-refractivity contribution in [1.29, 1.82) is 0 Å². The van der Waals surface area contributed by atoms with Crippen molar-refractivity contribution in [3.63, 3.8) is 0 Å². The summed E-state index contributed by atoms with van der Waals surface area (Å²) in [5, 5.41) is 4.45. The number of esters is 1. The Labute approximate surface area is 157 Å². The van der Waals surface area contributed by atoms with Gasteiger partial charge in [0.05, 0.1) is 36.3 Å². The summed E-state index contributed by atoms with van der Waals surface area (Å²) >= 11 is 5.81. The van der Waals surface area contributed by atoms with Gasteiger partial charge in [0.2, 0.25) is 11.8 Å². The van der Waals surface area contributed by atoms with Crippen LogP contribution in [0, 0.1) is 0 Å². The van der Waals surface area contributed by atoms with Crippen molar-refractivity contribution in [2.75, 3.05) is 32.1 Å². The van der Waals surface area contributed by atoms with Gasteiger partial charge in [-0.15, -0.1) is 0 Å². The van der Waals surface area contributed by atoms with Crippen molar-refractivity contribution in [3.8, 4) is 0 Å². The number of ether oxygens (including phenoxy) is 1. The second-order valence-electron chi connectivity index (χ2n) is 5.77. The van der Waals surface area contributed by atoms with E-state index in [0.717, 1.165) is 19.2 Å². The van der Waals surface area contributed by atoms with Crippen molar-refractivity contribution in [2.45, 2.75) is 18.6 Å². The number of carbonyl (C=O) groups is 3. The molecule has 1 aliphatic heterocycles.